The van der Waals surface area contributed by atoms with Crippen LogP contribution in [0.2, 0.25) is 0 Å². The lowest BCUT2D eigenvalue weighted by Crippen LogP contribution is -2.50. The Morgan fingerprint density at radius 3 is 2.59 bits per heavy atom. The fourth-order valence-electron chi connectivity index (χ4n) is 2.28. The van der Waals surface area contributed by atoms with Gasteiger partial charge in [-0.25, -0.2) is 0 Å². The molecular formula is C12H21N4O5P. The molecule has 124 valence electrons. The van der Waals surface area contributed by atoms with Crippen LogP contribution >= 0.6 is 7.60 Å². The van der Waals surface area contributed by atoms with Crippen LogP contribution in [-0.2, 0) is 18.4 Å². The van der Waals surface area contributed by atoms with E-state index in [1.807, 2.05) is 0 Å². The molecule has 3 atom stereocenters. The zero-order valence-corrected chi connectivity index (χ0v) is 13.7. The number of aliphatic hydroxyl groups excluding tert-OH is 1. The topological polar surface area (TPSA) is 134 Å². The van der Waals surface area contributed by atoms with Crippen LogP contribution in [0.3, 0.4) is 0 Å². The number of hydrogen-bond donors (Lipinski definition) is 2. The first-order valence-corrected chi connectivity index (χ1v) is 8.52. The van der Waals surface area contributed by atoms with Crippen molar-refractivity contribution in [3.05, 3.63) is 21.8 Å². The number of rotatable bonds is 7. The van der Waals surface area contributed by atoms with Gasteiger partial charge in [0, 0.05) is 17.1 Å². The van der Waals surface area contributed by atoms with E-state index < -0.39 is 25.8 Å². The van der Waals surface area contributed by atoms with E-state index >= 15 is 0 Å². The van der Waals surface area contributed by atoms with Crippen LogP contribution in [0.1, 0.15) is 27.2 Å². The molecule has 0 aliphatic heterocycles. The van der Waals surface area contributed by atoms with Crippen molar-refractivity contribution < 1.29 is 23.5 Å². The zero-order chi connectivity index (χ0) is 16.8. The maximum absolute atomic E-state index is 12.7. The van der Waals surface area contributed by atoms with Crippen molar-refractivity contribution in [1.82, 2.24) is 5.32 Å². The third-order valence-corrected chi connectivity index (χ3v) is 5.32. The minimum absolute atomic E-state index is 0.0728. The zero-order valence-electron chi connectivity index (χ0n) is 12.8. The second-order valence-corrected chi connectivity index (χ2v) is 6.77. The van der Waals surface area contributed by atoms with Gasteiger partial charge in [-0.05, 0) is 31.9 Å². The molecule has 0 unspecified atom stereocenters. The van der Waals surface area contributed by atoms with E-state index in [1.165, 1.54) is 13.0 Å². The van der Waals surface area contributed by atoms with E-state index in [9.17, 15) is 14.5 Å². The summed E-state index contributed by atoms with van der Waals surface area (Å²) in [6, 6.07) is -1.56. The van der Waals surface area contributed by atoms with Gasteiger partial charge < -0.3 is 19.5 Å². The Labute approximate surface area is 128 Å². The van der Waals surface area contributed by atoms with Crippen molar-refractivity contribution in [2.45, 2.75) is 45.4 Å². The third kappa shape index (κ3) is 4.56. The van der Waals surface area contributed by atoms with Crippen LogP contribution in [0.5, 0.6) is 0 Å². The van der Waals surface area contributed by atoms with Crippen molar-refractivity contribution in [3.8, 4) is 0 Å². The second kappa shape index (κ2) is 8.31. The number of amides is 1. The normalized spacial score (nSPS) is 25.1. The van der Waals surface area contributed by atoms with Crippen LogP contribution < -0.4 is 5.32 Å². The van der Waals surface area contributed by atoms with Gasteiger partial charge in [-0.15, -0.1) is 0 Å². The lowest BCUT2D eigenvalue weighted by atomic mass is 9.94. The SMILES string of the molecule is CCOP(=O)(OCC)C1=C[C@@H](O)[C@H](NC(C)=O)[C@@H](N=[N+]=[N-])C1. The van der Waals surface area contributed by atoms with Crippen molar-refractivity contribution in [3.63, 3.8) is 0 Å². The Kier molecular flexibility index (Phi) is 7.06. The summed E-state index contributed by atoms with van der Waals surface area (Å²) in [5.41, 5.74) is 8.67. The van der Waals surface area contributed by atoms with Gasteiger partial charge in [-0.2, -0.15) is 0 Å². The first-order chi connectivity index (χ1) is 10.4. The van der Waals surface area contributed by atoms with Gasteiger partial charge in [0.05, 0.1) is 31.4 Å². The van der Waals surface area contributed by atoms with Gasteiger partial charge in [0.2, 0.25) is 5.91 Å². The first kappa shape index (κ1) is 18.7. The number of aliphatic hydroxyl groups is 1. The van der Waals surface area contributed by atoms with Crippen LogP contribution in [0.4, 0.5) is 0 Å². The molecule has 1 aliphatic carbocycles. The molecule has 0 radical (unpaired) electrons. The number of azide groups is 1. The molecule has 2 N–H and O–H groups in total. The molecule has 0 aromatic heterocycles. The molecule has 1 aliphatic rings. The van der Waals surface area contributed by atoms with Gasteiger partial charge in [-0.3, -0.25) is 9.36 Å². The summed E-state index contributed by atoms with van der Waals surface area (Å²) in [5, 5.41) is 16.5. The van der Waals surface area contributed by atoms with Crippen LogP contribution in [0, 0.1) is 0 Å². The smallest absolute Gasteiger partial charge is 0.357 e. The number of nitrogens with zero attached hydrogens (tertiary/aromatic N) is 3. The summed E-state index contributed by atoms with van der Waals surface area (Å²) in [6.07, 6.45) is 0.261. The maximum atomic E-state index is 12.7. The summed E-state index contributed by atoms with van der Waals surface area (Å²) in [7, 11) is -3.55. The summed E-state index contributed by atoms with van der Waals surface area (Å²) >= 11 is 0. The minimum atomic E-state index is -3.55. The van der Waals surface area contributed by atoms with Crippen LogP contribution in [0.25, 0.3) is 10.4 Å². The van der Waals surface area contributed by atoms with E-state index in [2.05, 4.69) is 15.3 Å². The molecule has 0 aromatic carbocycles. The highest BCUT2D eigenvalue weighted by molar-refractivity contribution is 7.58. The highest BCUT2D eigenvalue weighted by Crippen LogP contribution is 2.58. The molecular weight excluding hydrogens is 311 g/mol. The number of nitrogens with one attached hydrogen (secondary N) is 1. The fraction of sp³-hybridized carbons (Fsp3) is 0.750. The Morgan fingerprint density at radius 1 is 1.55 bits per heavy atom. The van der Waals surface area contributed by atoms with E-state index in [1.54, 1.807) is 13.8 Å². The van der Waals surface area contributed by atoms with E-state index in [0.29, 0.717) is 0 Å². The fourth-order valence-corrected chi connectivity index (χ4v) is 4.11. The molecule has 0 saturated heterocycles. The average Bonchev–Trinajstić information content (AvgIpc) is 2.42. The van der Waals surface area contributed by atoms with Crippen molar-refractivity contribution in [2.75, 3.05) is 13.2 Å². The second-order valence-electron chi connectivity index (χ2n) is 4.68. The molecule has 1 amide bonds. The first-order valence-electron chi connectivity index (χ1n) is 6.97. The molecule has 0 aromatic rings. The van der Waals surface area contributed by atoms with Gasteiger partial charge in [0.25, 0.3) is 0 Å². The molecule has 0 spiro atoms. The van der Waals surface area contributed by atoms with E-state index in [0.717, 1.165) is 0 Å². The Bertz CT molecular complexity index is 522. The molecule has 0 fully saturated rings. The Balaban J connectivity index is 3.15. The number of carbonyl (C=O) groups is 1. The van der Waals surface area contributed by atoms with Crippen LogP contribution in [0.15, 0.2) is 16.5 Å². The standard InChI is InChI=1S/C12H21N4O5P/c1-4-20-22(19,21-5-2)9-6-10(15-16-13)12(11(18)7-9)14-8(3)17/h7,10-12,18H,4-6H2,1-3H3,(H,14,17)/t10-,11+,12+/m0/s1. The highest BCUT2D eigenvalue weighted by atomic mass is 31.2. The molecule has 1 rings (SSSR count). The van der Waals surface area contributed by atoms with Gasteiger partial charge >= 0.3 is 7.60 Å². The van der Waals surface area contributed by atoms with Crippen molar-refractivity contribution >= 4 is 13.5 Å². The molecule has 22 heavy (non-hydrogen) atoms. The average molecular weight is 332 g/mol. The van der Waals surface area contributed by atoms with Gasteiger partial charge in [0.15, 0.2) is 0 Å². The quantitative estimate of drug-likeness (QED) is 0.318. The lowest BCUT2D eigenvalue weighted by molar-refractivity contribution is -0.120. The van der Waals surface area contributed by atoms with Gasteiger partial charge in [0.1, 0.15) is 0 Å². The highest BCUT2D eigenvalue weighted by Gasteiger charge is 2.40. The maximum Gasteiger partial charge on any atom is 0.357 e. The molecule has 0 saturated carbocycles. The number of hydrogen-bond acceptors (Lipinski definition) is 6. The monoisotopic (exact) mass is 332 g/mol. The summed E-state index contributed by atoms with van der Waals surface area (Å²) < 4.78 is 23.2. The van der Waals surface area contributed by atoms with E-state index in [4.69, 9.17) is 14.6 Å². The molecule has 10 heteroatoms. The number of carbonyl (C=O) groups excluding carboxylic acids is 1. The lowest BCUT2D eigenvalue weighted by Gasteiger charge is -2.34. The summed E-state index contributed by atoms with van der Waals surface area (Å²) in [4.78, 5) is 13.9. The Morgan fingerprint density at radius 2 is 2.14 bits per heavy atom. The van der Waals surface area contributed by atoms with Crippen molar-refractivity contribution in [1.29, 1.82) is 0 Å². The summed E-state index contributed by atoms with van der Waals surface area (Å²) in [6.45, 7) is 5.00. The van der Waals surface area contributed by atoms with E-state index in [-0.39, 0.29) is 30.9 Å². The predicted molar refractivity (Wildman–Crippen MR) is 80.1 cm³/mol. The summed E-state index contributed by atoms with van der Waals surface area (Å²) in [5.74, 6) is -0.364. The molecule has 0 heterocycles. The predicted octanol–water partition coefficient (Wildman–Crippen LogP) is 2.08. The van der Waals surface area contributed by atoms with Gasteiger partial charge in [-0.1, -0.05) is 5.11 Å². The minimum Gasteiger partial charge on any atom is -0.387 e. The molecule has 9 nitrogen and oxygen atoms in total. The molecule has 0 bridgehead atoms. The van der Waals surface area contributed by atoms with Crippen LogP contribution in [-0.4, -0.2) is 42.4 Å². The Hall–Kier alpha value is -1.37. The largest absolute Gasteiger partial charge is 0.387 e. The van der Waals surface area contributed by atoms with Crippen molar-refractivity contribution in [2.24, 2.45) is 5.11 Å². The third-order valence-electron chi connectivity index (χ3n) is 3.08.